The van der Waals surface area contributed by atoms with Crippen LogP contribution in [0.2, 0.25) is 0 Å². The third-order valence-corrected chi connectivity index (χ3v) is 3.85. The van der Waals surface area contributed by atoms with E-state index in [9.17, 15) is 9.18 Å². The van der Waals surface area contributed by atoms with Crippen LogP contribution in [-0.2, 0) is 5.54 Å². The molecule has 2 aromatic rings. The minimum atomic E-state index is -0.551. The van der Waals surface area contributed by atoms with Gasteiger partial charge in [0.25, 0.3) is 5.91 Å². The zero-order valence-corrected chi connectivity index (χ0v) is 15.4. The number of hydrogen-bond acceptors (Lipinski definition) is 4. The van der Waals surface area contributed by atoms with E-state index in [4.69, 9.17) is 9.47 Å². The zero-order chi connectivity index (χ0) is 18.8. The van der Waals surface area contributed by atoms with Crippen molar-refractivity contribution >= 4 is 5.91 Å². The third kappa shape index (κ3) is 4.10. The summed E-state index contributed by atoms with van der Waals surface area (Å²) in [6.07, 6.45) is 3.17. The largest absolute Gasteiger partial charge is 0.493 e. The van der Waals surface area contributed by atoms with Crippen molar-refractivity contribution in [2.75, 3.05) is 14.2 Å². The molecule has 1 aromatic carbocycles. The quantitative estimate of drug-likeness (QED) is 0.900. The maximum atomic E-state index is 14.3. The number of halogens is 1. The maximum Gasteiger partial charge on any atom is 0.254 e. The standard InChI is InChI=1S/C18H24FN3O3/c1-11(13-7-15(24-5)16(25-6)8-14(13)19)21-17(23)12-9-20-22(10-12)18(2,3)4/h7-11H,1-6H3,(H,21,23)/t11-/m0/s1. The van der Waals surface area contributed by atoms with Crippen LogP contribution in [-0.4, -0.2) is 29.9 Å². The second-order valence-corrected chi connectivity index (χ2v) is 6.77. The summed E-state index contributed by atoms with van der Waals surface area (Å²) in [5.41, 5.74) is 0.511. The summed E-state index contributed by atoms with van der Waals surface area (Å²) < 4.78 is 26.3. The van der Waals surface area contributed by atoms with Crippen LogP contribution in [0.5, 0.6) is 11.5 Å². The first-order chi connectivity index (χ1) is 11.7. The highest BCUT2D eigenvalue weighted by atomic mass is 19.1. The van der Waals surface area contributed by atoms with Gasteiger partial charge in [-0.3, -0.25) is 9.48 Å². The first-order valence-electron chi connectivity index (χ1n) is 7.94. The molecule has 2 rings (SSSR count). The summed E-state index contributed by atoms with van der Waals surface area (Å²) in [5, 5.41) is 6.98. The summed E-state index contributed by atoms with van der Waals surface area (Å²) in [7, 11) is 2.92. The molecule has 0 aliphatic rings. The number of amides is 1. The van der Waals surface area contributed by atoms with E-state index in [-0.39, 0.29) is 11.4 Å². The third-order valence-electron chi connectivity index (χ3n) is 3.85. The Morgan fingerprint density at radius 2 is 1.84 bits per heavy atom. The van der Waals surface area contributed by atoms with Crippen molar-refractivity contribution in [2.24, 2.45) is 0 Å². The van der Waals surface area contributed by atoms with E-state index >= 15 is 0 Å². The van der Waals surface area contributed by atoms with Crippen LogP contribution in [0.3, 0.4) is 0 Å². The molecule has 0 unspecified atom stereocenters. The Morgan fingerprint density at radius 3 is 2.36 bits per heavy atom. The van der Waals surface area contributed by atoms with Crippen molar-refractivity contribution in [3.05, 3.63) is 41.5 Å². The van der Waals surface area contributed by atoms with Crippen LogP contribution in [0.15, 0.2) is 24.5 Å². The summed E-state index contributed by atoms with van der Waals surface area (Å²) >= 11 is 0. The van der Waals surface area contributed by atoms with Gasteiger partial charge in [0.05, 0.1) is 37.6 Å². The normalized spacial score (nSPS) is 12.6. The van der Waals surface area contributed by atoms with E-state index in [0.29, 0.717) is 22.6 Å². The molecule has 1 N–H and O–H groups in total. The van der Waals surface area contributed by atoms with E-state index < -0.39 is 11.9 Å². The van der Waals surface area contributed by atoms with Crippen LogP contribution >= 0.6 is 0 Å². The molecule has 0 aliphatic heterocycles. The van der Waals surface area contributed by atoms with Gasteiger partial charge in [0, 0.05) is 17.8 Å². The van der Waals surface area contributed by atoms with Gasteiger partial charge >= 0.3 is 0 Å². The summed E-state index contributed by atoms with van der Waals surface area (Å²) in [5.74, 6) is -0.0951. The van der Waals surface area contributed by atoms with Gasteiger partial charge in [-0.15, -0.1) is 0 Å². The Morgan fingerprint density at radius 1 is 1.24 bits per heavy atom. The fraction of sp³-hybridized carbons (Fsp3) is 0.444. The number of rotatable bonds is 5. The Labute approximate surface area is 146 Å². The maximum absolute atomic E-state index is 14.3. The molecule has 0 aliphatic carbocycles. The van der Waals surface area contributed by atoms with Crippen LogP contribution < -0.4 is 14.8 Å². The topological polar surface area (TPSA) is 65.4 Å². The minimum absolute atomic E-state index is 0.223. The molecule has 1 heterocycles. The molecule has 1 atom stereocenters. The van der Waals surface area contributed by atoms with Gasteiger partial charge in [-0.25, -0.2) is 4.39 Å². The van der Waals surface area contributed by atoms with Gasteiger partial charge in [-0.2, -0.15) is 5.10 Å². The van der Waals surface area contributed by atoms with Gasteiger partial charge in [0.1, 0.15) is 5.82 Å². The number of carbonyl (C=O) groups excluding carboxylic acids is 1. The molecule has 0 fully saturated rings. The molecule has 0 radical (unpaired) electrons. The fourth-order valence-electron chi connectivity index (χ4n) is 2.37. The smallest absolute Gasteiger partial charge is 0.254 e. The van der Waals surface area contributed by atoms with Crippen LogP contribution in [0.4, 0.5) is 4.39 Å². The average molecular weight is 349 g/mol. The van der Waals surface area contributed by atoms with Crippen LogP contribution in [0.1, 0.15) is 49.7 Å². The lowest BCUT2D eigenvalue weighted by molar-refractivity contribution is 0.0939. The van der Waals surface area contributed by atoms with Crippen LogP contribution in [0.25, 0.3) is 0 Å². The molecule has 25 heavy (non-hydrogen) atoms. The minimum Gasteiger partial charge on any atom is -0.493 e. The van der Waals surface area contributed by atoms with Crippen molar-refractivity contribution in [1.82, 2.24) is 15.1 Å². The predicted molar refractivity (Wildman–Crippen MR) is 92.6 cm³/mol. The highest BCUT2D eigenvalue weighted by Gasteiger charge is 2.21. The van der Waals surface area contributed by atoms with Gasteiger partial charge < -0.3 is 14.8 Å². The fourth-order valence-corrected chi connectivity index (χ4v) is 2.37. The van der Waals surface area contributed by atoms with Gasteiger partial charge in [-0.05, 0) is 33.8 Å². The van der Waals surface area contributed by atoms with Crippen molar-refractivity contribution in [3.8, 4) is 11.5 Å². The molecule has 7 heteroatoms. The van der Waals surface area contributed by atoms with E-state index in [0.717, 1.165) is 0 Å². The first kappa shape index (κ1) is 18.8. The number of hydrogen-bond donors (Lipinski definition) is 1. The highest BCUT2D eigenvalue weighted by molar-refractivity contribution is 5.93. The number of nitrogens with one attached hydrogen (secondary N) is 1. The molecule has 6 nitrogen and oxygen atoms in total. The SMILES string of the molecule is COc1cc(F)c([C@H](C)NC(=O)c2cnn(C(C)(C)C)c2)cc1OC. The number of ether oxygens (including phenoxy) is 2. The molecular weight excluding hydrogens is 325 g/mol. The number of nitrogens with zero attached hydrogens (tertiary/aromatic N) is 2. The van der Waals surface area contributed by atoms with E-state index in [2.05, 4.69) is 10.4 Å². The summed E-state index contributed by atoms with van der Waals surface area (Å²) in [4.78, 5) is 12.4. The molecule has 1 aromatic heterocycles. The van der Waals surface area contributed by atoms with Crippen molar-refractivity contribution < 1.29 is 18.7 Å². The second-order valence-electron chi connectivity index (χ2n) is 6.77. The molecule has 0 saturated heterocycles. The number of carbonyl (C=O) groups is 1. The van der Waals surface area contributed by atoms with Gasteiger partial charge in [0.15, 0.2) is 11.5 Å². The van der Waals surface area contributed by atoms with Gasteiger partial charge in [-0.1, -0.05) is 0 Å². The van der Waals surface area contributed by atoms with Gasteiger partial charge in [0.2, 0.25) is 0 Å². The molecule has 1 amide bonds. The van der Waals surface area contributed by atoms with Crippen molar-refractivity contribution in [1.29, 1.82) is 0 Å². The van der Waals surface area contributed by atoms with Crippen molar-refractivity contribution in [3.63, 3.8) is 0 Å². The Balaban J connectivity index is 2.20. The van der Waals surface area contributed by atoms with E-state index in [1.54, 1.807) is 17.8 Å². The highest BCUT2D eigenvalue weighted by Crippen LogP contribution is 2.32. The lowest BCUT2D eigenvalue weighted by Gasteiger charge is -2.19. The Kier molecular flexibility index (Phi) is 5.35. The molecule has 0 saturated carbocycles. The monoisotopic (exact) mass is 349 g/mol. The van der Waals surface area contributed by atoms with E-state index in [1.807, 2.05) is 20.8 Å². The van der Waals surface area contributed by atoms with E-state index in [1.165, 1.54) is 32.5 Å². The van der Waals surface area contributed by atoms with Crippen LogP contribution in [0, 0.1) is 5.82 Å². The summed E-state index contributed by atoms with van der Waals surface area (Å²) in [6, 6.07) is 2.22. The lowest BCUT2D eigenvalue weighted by atomic mass is 10.1. The number of aromatic nitrogens is 2. The molecular formula is C18H24FN3O3. The predicted octanol–water partition coefficient (Wildman–Crippen LogP) is 3.29. The Bertz CT molecular complexity index is 765. The molecule has 0 spiro atoms. The Hall–Kier alpha value is -2.57. The second kappa shape index (κ2) is 7.13. The summed E-state index contributed by atoms with van der Waals surface area (Å²) in [6.45, 7) is 7.67. The number of benzene rings is 1. The molecule has 136 valence electrons. The average Bonchev–Trinajstić information content (AvgIpc) is 3.04. The first-order valence-corrected chi connectivity index (χ1v) is 7.94. The molecule has 0 bridgehead atoms. The number of methoxy groups -OCH3 is 2. The lowest BCUT2D eigenvalue weighted by Crippen LogP contribution is -2.27. The zero-order valence-electron chi connectivity index (χ0n) is 15.4. The van der Waals surface area contributed by atoms with Crippen molar-refractivity contribution in [2.45, 2.75) is 39.3 Å².